The third-order valence-electron chi connectivity index (χ3n) is 3.30. The molecule has 1 aromatic carbocycles. The number of methoxy groups -OCH3 is 1. The van der Waals surface area contributed by atoms with Crippen molar-refractivity contribution in [3.8, 4) is 11.5 Å². The van der Waals surface area contributed by atoms with Crippen molar-refractivity contribution in [1.29, 1.82) is 0 Å². The Hall–Kier alpha value is -2.28. The van der Waals surface area contributed by atoms with Crippen LogP contribution >= 0.6 is 12.2 Å². The maximum Gasteiger partial charge on any atom is 0.338 e. The second-order valence-corrected chi connectivity index (χ2v) is 5.13. The summed E-state index contributed by atoms with van der Waals surface area (Å²) >= 11 is 5.16. The van der Waals surface area contributed by atoms with E-state index >= 15 is 0 Å². The van der Waals surface area contributed by atoms with Crippen molar-refractivity contribution in [3.05, 3.63) is 35.0 Å². The van der Waals surface area contributed by atoms with Gasteiger partial charge in [0.25, 0.3) is 0 Å². The molecular formula is C15H18N2O4S. The molecule has 1 aliphatic rings. The van der Waals surface area contributed by atoms with E-state index in [1.807, 2.05) is 0 Å². The number of benzene rings is 1. The lowest BCUT2D eigenvalue weighted by atomic mass is 9.95. The van der Waals surface area contributed by atoms with Gasteiger partial charge in [-0.25, -0.2) is 4.79 Å². The van der Waals surface area contributed by atoms with Crippen LogP contribution in [-0.4, -0.2) is 29.9 Å². The first-order valence-corrected chi connectivity index (χ1v) is 7.21. The van der Waals surface area contributed by atoms with Gasteiger partial charge < -0.3 is 25.2 Å². The third kappa shape index (κ3) is 3.14. The van der Waals surface area contributed by atoms with Crippen LogP contribution < -0.4 is 15.4 Å². The molecule has 22 heavy (non-hydrogen) atoms. The Morgan fingerprint density at radius 3 is 2.82 bits per heavy atom. The minimum absolute atomic E-state index is 0.0288. The van der Waals surface area contributed by atoms with Crippen molar-refractivity contribution in [2.75, 3.05) is 13.7 Å². The number of ether oxygens (including phenoxy) is 2. The highest BCUT2D eigenvalue weighted by Crippen LogP contribution is 2.33. The van der Waals surface area contributed by atoms with Crippen molar-refractivity contribution < 1.29 is 19.4 Å². The summed E-state index contributed by atoms with van der Waals surface area (Å²) in [6.07, 6.45) is 0. The Kier molecular flexibility index (Phi) is 4.87. The molecule has 0 spiro atoms. The maximum absolute atomic E-state index is 12.2. The predicted molar refractivity (Wildman–Crippen MR) is 85.6 cm³/mol. The molecule has 1 heterocycles. The predicted octanol–water partition coefficient (Wildman–Crippen LogP) is 1.76. The highest BCUT2D eigenvalue weighted by atomic mass is 32.1. The number of carbonyl (C=O) groups excluding carboxylic acids is 1. The first-order valence-electron chi connectivity index (χ1n) is 6.80. The summed E-state index contributed by atoms with van der Waals surface area (Å²) in [6, 6.07) is 4.41. The van der Waals surface area contributed by atoms with Gasteiger partial charge in [-0.15, -0.1) is 0 Å². The lowest BCUT2D eigenvalue weighted by Gasteiger charge is -2.30. The van der Waals surface area contributed by atoms with E-state index in [1.165, 1.54) is 13.2 Å². The normalized spacial score (nSPS) is 17.6. The molecule has 6 nitrogen and oxygen atoms in total. The van der Waals surface area contributed by atoms with Crippen LogP contribution in [0, 0.1) is 0 Å². The van der Waals surface area contributed by atoms with Gasteiger partial charge >= 0.3 is 5.97 Å². The smallest absolute Gasteiger partial charge is 0.338 e. The molecule has 0 saturated carbocycles. The highest BCUT2D eigenvalue weighted by Gasteiger charge is 2.31. The van der Waals surface area contributed by atoms with E-state index in [-0.39, 0.29) is 12.4 Å². The van der Waals surface area contributed by atoms with E-state index in [4.69, 9.17) is 21.7 Å². The number of thiocarbonyl (C=S) groups is 1. The standard InChI is InChI=1S/C15H18N2O4S/c1-4-21-14(19)12-8(2)16-15(22)17-13(12)9-5-6-10(18)11(7-9)20-3/h5-7,13,18H,4H2,1-3H3,(H2,16,17,22)/t13-/m1/s1. The summed E-state index contributed by atoms with van der Waals surface area (Å²) in [5, 5.41) is 16.1. The van der Waals surface area contributed by atoms with Gasteiger partial charge in [-0.05, 0) is 43.8 Å². The molecule has 0 aliphatic carbocycles. The molecule has 1 aromatic rings. The fraction of sp³-hybridized carbons (Fsp3) is 0.333. The van der Waals surface area contributed by atoms with E-state index in [0.717, 1.165) is 5.56 Å². The molecule has 3 N–H and O–H groups in total. The number of nitrogens with one attached hydrogen (secondary N) is 2. The molecule has 0 unspecified atom stereocenters. The molecule has 7 heteroatoms. The van der Waals surface area contributed by atoms with Crippen LogP contribution in [0.1, 0.15) is 25.5 Å². The lowest BCUT2D eigenvalue weighted by Crippen LogP contribution is -2.45. The van der Waals surface area contributed by atoms with Gasteiger partial charge in [-0.2, -0.15) is 0 Å². The Balaban J connectivity index is 2.47. The molecule has 118 valence electrons. The molecule has 0 bridgehead atoms. The van der Waals surface area contributed by atoms with Crippen molar-refractivity contribution in [1.82, 2.24) is 10.6 Å². The second kappa shape index (κ2) is 6.65. The van der Waals surface area contributed by atoms with Gasteiger partial charge in [0.1, 0.15) is 0 Å². The lowest BCUT2D eigenvalue weighted by molar-refractivity contribution is -0.139. The van der Waals surface area contributed by atoms with Crippen molar-refractivity contribution in [2.24, 2.45) is 0 Å². The van der Waals surface area contributed by atoms with Crippen LogP contribution in [0.5, 0.6) is 11.5 Å². The van der Waals surface area contributed by atoms with Gasteiger partial charge in [0.2, 0.25) is 0 Å². The van der Waals surface area contributed by atoms with E-state index in [1.54, 1.807) is 26.0 Å². The van der Waals surface area contributed by atoms with Crippen LogP contribution in [0.3, 0.4) is 0 Å². The van der Waals surface area contributed by atoms with E-state index in [9.17, 15) is 9.90 Å². The Bertz CT molecular complexity index is 642. The Morgan fingerprint density at radius 1 is 1.45 bits per heavy atom. The van der Waals surface area contributed by atoms with Gasteiger partial charge in [0.15, 0.2) is 16.6 Å². The van der Waals surface area contributed by atoms with Crippen LogP contribution in [0.15, 0.2) is 29.5 Å². The van der Waals surface area contributed by atoms with E-state index in [0.29, 0.717) is 22.1 Å². The number of aromatic hydroxyl groups is 1. The summed E-state index contributed by atoms with van der Waals surface area (Å²) in [6.45, 7) is 3.80. The zero-order chi connectivity index (χ0) is 16.3. The highest BCUT2D eigenvalue weighted by molar-refractivity contribution is 7.80. The average molecular weight is 322 g/mol. The minimum Gasteiger partial charge on any atom is -0.504 e. The minimum atomic E-state index is -0.470. The average Bonchev–Trinajstić information content (AvgIpc) is 2.47. The molecule has 0 amide bonds. The Morgan fingerprint density at radius 2 is 2.18 bits per heavy atom. The molecule has 0 fully saturated rings. The van der Waals surface area contributed by atoms with Crippen LogP contribution in [0.4, 0.5) is 0 Å². The van der Waals surface area contributed by atoms with Crippen molar-refractivity contribution in [2.45, 2.75) is 19.9 Å². The van der Waals surface area contributed by atoms with Crippen LogP contribution in [0.2, 0.25) is 0 Å². The first-order chi connectivity index (χ1) is 10.5. The quantitative estimate of drug-likeness (QED) is 0.576. The van der Waals surface area contributed by atoms with Gasteiger partial charge in [-0.1, -0.05) is 6.07 Å². The second-order valence-electron chi connectivity index (χ2n) is 4.72. The number of phenolic OH excluding ortho intramolecular Hbond substituents is 1. The SMILES string of the molecule is CCOC(=O)C1=C(C)NC(=S)N[C@@H]1c1ccc(O)c(OC)c1. The number of phenols is 1. The van der Waals surface area contributed by atoms with Gasteiger partial charge in [0.05, 0.1) is 25.3 Å². The number of hydrogen-bond acceptors (Lipinski definition) is 5. The van der Waals surface area contributed by atoms with Gasteiger partial charge in [0, 0.05) is 5.70 Å². The molecular weight excluding hydrogens is 304 g/mol. The summed E-state index contributed by atoms with van der Waals surface area (Å²) in [7, 11) is 1.46. The number of rotatable bonds is 4. The summed E-state index contributed by atoms with van der Waals surface area (Å²) in [5.41, 5.74) is 1.82. The molecule has 1 aliphatic heterocycles. The fourth-order valence-corrected chi connectivity index (χ4v) is 2.57. The number of carbonyl (C=O) groups is 1. The number of hydrogen-bond donors (Lipinski definition) is 3. The summed E-state index contributed by atoms with van der Waals surface area (Å²) in [5.74, 6) is -0.0645. The number of esters is 1. The van der Waals surface area contributed by atoms with Crippen molar-refractivity contribution >= 4 is 23.3 Å². The van der Waals surface area contributed by atoms with Crippen molar-refractivity contribution in [3.63, 3.8) is 0 Å². The molecule has 0 saturated heterocycles. The summed E-state index contributed by atoms with van der Waals surface area (Å²) in [4.78, 5) is 12.2. The first kappa shape index (κ1) is 16.1. The van der Waals surface area contributed by atoms with Crippen LogP contribution in [-0.2, 0) is 9.53 Å². The molecule has 1 atom stereocenters. The molecule has 0 aromatic heterocycles. The van der Waals surface area contributed by atoms with E-state index < -0.39 is 12.0 Å². The third-order valence-corrected chi connectivity index (χ3v) is 3.52. The topological polar surface area (TPSA) is 79.8 Å². The maximum atomic E-state index is 12.2. The zero-order valence-corrected chi connectivity index (χ0v) is 13.4. The molecule has 2 rings (SSSR count). The largest absolute Gasteiger partial charge is 0.504 e. The van der Waals surface area contributed by atoms with Gasteiger partial charge in [-0.3, -0.25) is 0 Å². The fourth-order valence-electron chi connectivity index (χ4n) is 2.30. The Labute approximate surface area is 134 Å². The van der Waals surface area contributed by atoms with E-state index in [2.05, 4.69) is 10.6 Å². The monoisotopic (exact) mass is 322 g/mol. The van der Waals surface area contributed by atoms with Crippen LogP contribution in [0.25, 0.3) is 0 Å². The number of allylic oxidation sites excluding steroid dienone is 1. The summed E-state index contributed by atoms with van der Waals surface area (Å²) < 4.78 is 10.2. The molecule has 0 radical (unpaired) electrons. The zero-order valence-electron chi connectivity index (χ0n) is 12.6.